The maximum absolute atomic E-state index is 12.9. The highest BCUT2D eigenvalue weighted by atomic mass is 16.7. The van der Waals surface area contributed by atoms with Gasteiger partial charge < -0.3 is 45.1 Å². The fourth-order valence-electron chi connectivity index (χ4n) is 7.09. The molecule has 372 valence electrons. The van der Waals surface area contributed by atoms with Crippen LogP contribution in [0.15, 0.2) is 85.1 Å². The fourth-order valence-corrected chi connectivity index (χ4v) is 7.09. The molecule has 1 amide bonds. The van der Waals surface area contributed by atoms with Crippen molar-refractivity contribution in [1.29, 1.82) is 0 Å². The van der Waals surface area contributed by atoms with Crippen LogP contribution in [0.5, 0.6) is 0 Å². The molecular weight excluding hydrogens is 823 g/mol. The van der Waals surface area contributed by atoms with Crippen LogP contribution in [0.2, 0.25) is 0 Å². The van der Waals surface area contributed by atoms with E-state index in [1.165, 1.54) is 44.9 Å². The molecule has 0 radical (unpaired) electrons. The number of rotatable bonds is 41. The fraction of sp³-hybridized carbons (Fsp3) is 0.704. The Hall–Kier alpha value is -3.16. The van der Waals surface area contributed by atoms with Crippen molar-refractivity contribution in [2.45, 2.75) is 224 Å². The second-order valence-corrected chi connectivity index (χ2v) is 17.1. The van der Waals surface area contributed by atoms with E-state index in [0.717, 1.165) is 96.3 Å². The van der Waals surface area contributed by atoms with Gasteiger partial charge >= 0.3 is 5.97 Å². The standard InChI is InChI=1S/C54H91NO10/c1-3-5-7-9-11-13-15-17-22-26-30-34-38-42-50(59)63-43-39-35-31-27-23-19-16-18-21-25-29-33-37-41-49(58)55-46(45-64-54-53(62)52(61)51(60)48(44-56)65-54)47(57)40-36-32-28-24-20-14-12-10-8-6-4-2/h7-10,13,15,18,20-21,24,29,33,36,40,46-48,51-54,56-57,60-62H,3-6,11-12,14,16-17,19,22-23,25-28,30-32,34-35,37-39,41-45H2,1-2H3,(H,55,58)/b9-7-,10-8+,15-13-,21-18-,24-20+,33-29-,40-36+. The minimum absolute atomic E-state index is 0.0585. The second kappa shape index (κ2) is 43.4. The number of hydrogen-bond donors (Lipinski definition) is 6. The van der Waals surface area contributed by atoms with Crippen molar-refractivity contribution in [1.82, 2.24) is 5.32 Å². The van der Waals surface area contributed by atoms with E-state index in [0.29, 0.717) is 25.9 Å². The average molecular weight is 914 g/mol. The summed E-state index contributed by atoms with van der Waals surface area (Å²) < 4.78 is 16.6. The Bertz CT molecular complexity index is 1350. The van der Waals surface area contributed by atoms with Gasteiger partial charge in [-0.05, 0) is 96.3 Å². The third-order valence-corrected chi connectivity index (χ3v) is 11.2. The van der Waals surface area contributed by atoms with Gasteiger partial charge in [-0.25, -0.2) is 0 Å². The van der Waals surface area contributed by atoms with Gasteiger partial charge in [0.15, 0.2) is 6.29 Å². The first-order valence-electron chi connectivity index (χ1n) is 25.4. The molecule has 7 atom stereocenters. The molecule has 0 aromatic rings. The van der Waals surface area contributed by atoms with E-state index < -0.39 is 49.5 Å². The first kappa shape index (κ1) is 59.9. The van der Waals surface area contributed by atoms with Gasteiger partial charge in [0.25, 0.3) is 0 Å². The number of esters is 1. The van der Waals surface area contributed by atoms with Gasteiger partial charge in [-0.2, -0.15) is 0 Å². The molecule has 11 nitrogen and oxygen atoms in total. The maximum Gasteiger partial charge on any atom is 0.305 e. The lowest BCUT2D eigenvalue weighted by Crippen LogP contribution is -2.60. The quantitative estimate of drug-likeness (QED) is 0.0197. The van der Waals surface area contributed by atoms with E-state index in [1.807, 2.05) is 18.2 Å². The van der Waals surface area contributed by atoms with E-state index in [1.54, 1.807) is 6.08 Å². The van der Waals surface area contributed by atoms with E-state index in [2.05, 4.69) is 79.9 Å². The van der Waals surface area contributed by atoms with Crippen LogP contribution < -0.4 is 5.32 Å². The van der Waals surface area contributed by atoms with Crippen molar-refractivity contribution < 1.29 is 49.3 Å². The predicted octanol–water partition coefficient (Wildman–Crippen LogP) is 10.3. The zero-order valence-corrected chi connectivity index (χ0v) is 40.4. The SMILES string of the molecule is CCC/C=C\C/C=C\CCCCCCCC(=O)OCCCCCCCC/C=C\C/C=C\CCC(=O)NC(COC1OC(CO)C(O)C(O)C1O)C(O)/C=C/CC/C=C/CC/C=C/CCC. The summed E-state index contributed by atoms with van der Waals surface area (Å²) in [4.78, 5) is 25.0. The smallest absolute Gasteiger partial charge is 0.305 e. The summed E-state index contributed by atoms with van der Waals surface area (Å²) in [7, 11) is 0. The van der Waals surface area contributed by atoms with Crippen LogP contribution in [-0.4, -0.2) is 100 Å². The van der Waals surface area contributed by atoms with Gasteiger partial charge in [0, 0.05) is 12.8 Å². The van der Waals surface area contributed by atoms with Crippen molar-refractivity contribution >= 4 is 11.9 Å². The first-order chi connectivity index (χ1) is 31.7. The molecule has 1 rings (SSSR count). The minimum atomic E-state index is -1.60. The second-order valence-electron chi connectivity index (χ2n) is 17.1. The molecule has 65 heavy (non-hydrogen) atoms. The predicted molar refractivity (Wildman–Crippen MR) is 264 cm³/mol. The monoisotopic (exact) mass is 914 g/mol. The molecule has 0 aromatic carbocycles. The van der Waals surface area contributed by atoms with Crippen LogP contribution >= 0.6 is 0 Å². The van der Waals surface area contributed by atoms with Crippen LogP contribution in [0.4, 0.5) is 0 Å². The highest BCUT2D eigenvalue weighted by Gasteiger charge is 2.44. The lowest BCUT2D eigenvalue weighted by molar-refractivity contribution is -0.302. The zero-order chi connectivity index (χ0) is 47.4. The summed E-state index contributed by atoms with van der Waals surface area (Å²) in [6, 6.07) is -0.880. The molecule has 1 aliphatic heterocycles. The maximum atomic E-state index is 12.9. The summed E-state index contributed by atoms with van der Waals surface area (Å²) in [5.41, 5.74) is 0. The molecule has 0 aromatic heterocycles. The highest BCUT2D eigenvalue weighted by molar-refractivity contribution is 5.76. The number of unbranched alkanes of at least 4 members (excludes halogenated alkanes) is 15. The number of hydrogen-bond acceptors (Lipinski definition) is 10. The third-order valence-electron chi connectivity index (χ3n) is 11.2. The minimum Gasteiger partial charge on any atom is -0.466 e. The molecule has 11 heteroatoms. The summed E-state index contributed by atoms with van der Waals surface area (Å²) >= 11 is 0. The molecule has 1 heterocycles. The largest absolute Gasteiger partial charge is 0.466 e. The summed E-state index contributed by atoms with van der Waals surface area (Å²) in [6.07, 6.45) is 46.8. The average Bonchev–Trinajstić information content (AvgIpc) is 3.30. The van der Waals surface area contributed by atoms with Gasteiger partial charge in [-0.3, -0.25) is 9.59 Å². The van der Waals surface area contributed by atoms with Crippen LogP contribution in [0.1, 0.15) is 181 Å². The molecule has 1 aliphatic rings. The van der Waals surface area contributed by atoms with Crippen molar-refractivity contribution in [3.63, 3.8) is 0 Å². The Balaban J connectivity index is 2.24. The van der Waals surface area contributed by atoms with Crippen molar-refractivity contribution in [3.8, 4) is 0 Å². The Morgan fingerprint density at radius 3 is 1.65 bits per heavy atom. The van der Waals surface area contributed by atoms with Gasteiger partial charge in [0.2, 0.25) is 5.91 Å². The van der Waals surface area contributed by atoms with Crippen molar-refractivity contribution in [2.75, 3.05) is 19.8 Å². The van der Waals surface area contributed by atoms with Crippen LogP contribution in [0.3, 0.4) is 0 Å². The van der Waals surface area contributed by atoms with Crippen molar-refractivity contribution in [3.05, 3.63) is 85.1 Å². The summed E-state index contributed by atoms with van der Waals surface area (Å²) in [5.74, 6) is -0.341. The van der Waals surface area contributed by atoms with E-state index in [4.69, 9.17) is 14.2 Å². The molecule has 0 bridgehead atoms. The number of ether oxygens (including phenoxy) is 3. The lowest BCUT2D eigenvalue weighted by atomic mass is 9.99. The van der Waals surface area contributed by atoms with Crippen molar-refractivity contribution in [2.24, 2.45) is 0 Å². The summed E-state index contributed by atoms with van der Waals surface area (Å²) in [6.45, 7) is 4.04. The number of aliphatic hydroxyl groups is 5. The molecule has 7 unspecified atom stereocenters. The number of aliphatic hydroxyl groups excluding tert-OH is 5. The first-order valence-corrected chi connectivity index (χ1v) is 25.4. The van der Waals surface area contributed by atoms with Gasteiger partial charge in [-0.15, -0.1) is 0 Å². The number of carbonyl (C=O) groups excluding carboxylic acids is 2. The van der Waals surface area contributed by atoms with Crippen LogP contribution in [-0.2, 0) is 23.8 Å². The zero-order valence-electron chi connectivity index (χ0n) is 40.4. The highest BCUT2D eigenvalue weighted by Crippen LogP contribution is 2.22. The number of nitrogens with one attached hydrogen (secondary N) is 1. The molecule has 6 N–H and O–H groups in total. The topological polar surface area (TPSA) is 175 Å². The molecular formula is C54H91NO10. The van der Waals surface area contributed by atoms with E-state index >= 15 is 0 Å². The van der Waals surface area contributed by atoms with E-state index in [-0.39, 0.29) is 24.9 Å². The van der Waals surface area contributed by atoms with Gasteiger partial charge in [0.1, 0.15) is 24.4 Å². The Morgan fingerprint density at radius 1 is 0.569 bits per heavy atom. The molecule has 0 aliphatic carbocycles. The Labute approximate surface area is 393 Å². The molecule has 1 fully saturated rings. The molecule has 0 spiro atoms. The Kier molecular flexibility index (Phi) is 40.0. The lowest BCUT2D eigenvalue weighted by Gasteiger charge is -2.40. The number of carbonyl (C=O) groups is 2. The van der Waals surface area contributed by atoms with Gasteiger partial charge in [0.05, 0.1) is 32.0 Å². The third kappa shape index (κ3) is 33.9. The molecule has 1 saturated heterocycles. The van der Waals surface area contributed by atoms with Gasteiger partial charge in [-0.1, -0.05) is 157 Å². The Morgan fingerprint density at radius 2 is 1.06 bits per heavy atom. The molecule has 0 saturated carbocycles. The number of amides is 1. The van der Waals surface area contributed by atoms with E-state index in [9.17, 15) is 35.1 Å². The number of allylic oxidation sites excluding steroid dienone is 13. The summed E-state index contributed by atoms with van der Waals surface area (Å²) in [5, 5.41) is 54.0. The van der Waals surface area contributed by atoms with Crippen LogP contribution in [0, 0.1) is 0 Å². The van der Waals surface area contributed by atoms with Crippen LogP contribution in [0.25, 0.3) is 0 Å². The normalized spacial score (nSPS) is 20.5.